The maximum Gasteiger partial charge on any atom is 0.0986 e. The number of likely N-dealkylation sites (N-methyl/N-ethyl adjacent to an activating group) is 1. The van der Waals surface area contributed by atoms with E-state index < -0.39 is 6.10 Å². The van der Waals surface area contributed by atoms with Gasteiger partial charge in [0.25, 0.3) is 0 Å². The molecule has 0 radical (unpaired) electrons. The second kappa shape index (κ2) is 7.20. The SMILES string of the molecule is CN(CCO)[C@@H](c1ccccc1)[C@H](O)c1ccccc1. The van der Waals surface area contributed by atoms with Crippen molar-refractivity contribution in [2.24, 2.45) is 0 Å². The van der Waals surface area contributed by atoms with E-state index in [1.165, 1.54) is 0 Å². The molecular weight excluding hydrogens is 250 g/mol. The van der Waals surface area contributed by atoms with Gasteiger partial charge in [-0.2, -0.15) is 0 Å². The van der Waals surface area contributed by atoms with Gasteiger partial charge in [0.15, 0.2) is 0 Å². The number of nitrogens with zero attached hydrogens (tertiary/aromatic N) is 1. The normalized spacial score (nSPS) is 14.2. The molecule has 3 nitrogen and oxygen atoms in total. The number of hydrogen-bond donors (Lipinski definition) is 2. The van der Waals surface area contributed by atoms with Gasteiger partial charge in [-0.1, -0.05) is 60.7 Å². The summed E-state index contributed by atoms with van der Waals surface area (Å²) in [6, 6.07) is 19.4. The van der Waals surface area contributed by atoms with Gasteiger partial charge >= 0.3 is 0 Å². The van der Waals surface area contributed by atoms with E-state index in [0.29, 0.717) is 6.54 Å². The van der Waals surface area contributed by atoms with Crippen molar-refractivity contribution in [1.29, 1.82) is 0 Å². The van der Waals surface area contributed by atoms with E-state index in [9.17, 15) is 5.11 Å². The fraction of sp³-hybridized carbons (Fsp3) is 0.294. The summed E-state index contributed by atoms with van der Waals surface area (Å²) in [7, 11) is 1.92. The van der Waals surface area contributed by atoms with Gasteiger partial charge < -0.3 is 10.2 Å². The van der Waals surface area contributed by atoms with Crippen LogP contribution in [0.5, 0.6) is 0 Å². The Morgan fingerprint density at radius 2 is 1.40 bits per heavy atom. The molecule has 0 fully saturated rings. The number of hydrogen-bond acceptors (Lipinski definition) is 3. The first kappa shape index (κ1) is 14.7. The number of rotatable bonds is 6. The number of benzene rings is 2. The third kappa shape index (κ3) is 3.45. The van der Waals surface area contributed by atoms with Gasteiger partial charge in [-0.15, -0.1) is 0 Å². The zero-order chi connectivity index (χ0) is 14.4. The number of aliphatic hydroxyl groups is 2. The van der Waals surface area contributed by atoms with Crippen LogP contribution in [0.1, 0.15) is 23.3 Å². The molecule has 0 aliphatic carbocycles. The van der Waals surface area contributed by atoms with E-state index in [0.717, 1.165) is 11.1 Å². The maximum absolute atomic E-state index is 10.7. The lowest BCUT2D eigenvalue weighted by Gasteiger charge is -2.32. The van der Waals surface area contributed by atoms with Crippen LogP contribution in [0.15, 0.2) is 60.7 Å². The Bertz CT molecular complexity index is 501. The zero-order valence-corrected chi connectivity index (χ0v) is 11.7. The van der Waals surface area contributed by atoms with Crippen LogP contribution in [-0.4, -0.2) is 35.3 Å². The van der Waals surface area contributed by atoms with Gasteiger partial charge in [-0.05, 0) is 18.2 Å². The largest absolute Gasteiger partial charge is 0.395 e. The molecule has 2 N–H and O–H groups in total. The molecule has 2 aromatic carbocycles. The minimum absolute atomic E-state index is 0.0708. The van der Waals surface area contributed by atoms with Crippen molar-refractivity contribution in [3.05, 3.63) is 71.8 Å². The predicted octanol–water partition coefficient (Wildman–Crippen LogP) is 2.39. The second-order valence-electron chi connectivity index (χ2n) is 4.92. The molecule has 0 aliphatic heterocycles. The van der Waals surface area contributed by atoms with E-state index >= 15 is 0 Å². The van der Waals surface area contributed by atoms with Gasteiger partial charge in [-0.3, -0.25) is 4.90 Å². The standard InChI is InChI=1S/C17H21NO2/c1-18(12-13-19)16(14-8-4-2-5-9-14)17(20)15-10-6-3-7-11-15/h2-11,16-17,19-20H,12-13H2,1H3/t16-,17+/m0/s1. The minimum Gasteiger partial charge on any atom is -0.395 e. The molecule has 0 heterocycles. The summed E-state index contributed by atoms with van der Waals surface area (Å²) < 4.78 is 0. The Morgan fingerprint density at radius 1 is 0.900 bits per heavy atom. The highest BCUT2D eigenvalue weighted by molar-refractivity contribution is 5.26. The van der Waals surface area contributed by atoms with Crippen molar-refractivity contribution in [2.45, 2.75) is 12.1 Å². The predicted molar refractivity (Wildman–Crippen MR) is 80.3 cm³/mol. The van der Waals surface area contributed by atoms with Crippen molar-refractivity contribution in [1.82, 2.24) is 4.90 Å². The second-order valence-corrected chi connectivity index (χ2v) is 4.92. The quantitative estimate of drug-likeness (QED) is 0.848. The molecule has 0 amide bonds. The van der Waals surface area contributed by atoms with Gasteiger partial charge in [0.2, 0.25) is 0 Å². The average Bonchev–Trinajstić information content (AvgIpc) is 2.50. The molecular formula is C17H21NO2. The first-order chi connectivity index (χ1) is 9.74. The highest BCUT2D eigenvalue weighted by atomic mass is 16.3. The lowest BCUT2D eigenvalue weighted by molar-refractivity contribution is 0.0529. The van der Waals surface area contributed by atoms with Crippen molar-refractivity contribution in [3.63, 3.8) is 0 Å². The van der Waals surface area contributed by atoms with Crippen molar-refractivity contribution >= 4 is 0 Å². The summed E-state index contributed by atoms with van der Waals surface area (Å²) >= 11 is 0. The van der Waals surface area contributed by atoms with Gasteiger partial charge in [0.05, 0.1) is 18.8 Å². The molecule has 3 heteroatoms. The van der Waals surface area contributed by atoms with E-state index in [1.807, 2.05) is 72.6 Å². The zero-order valence-electron chi connectivity index (χ0n) is 11.7. The third-order valence-corrected chi connectivity index (χ3v) is 3.51. The van der Waals surface area contributed by atoms with E-state index in [-0.39, 0.29) is 12.6 Å². The Morgan fingerprint density at radius 3 is 1.90 bits per heavy atom. The van der Waals surface area contributed by atoms with Gasteiger partial charge in [-0.25, -0.2) is 0 Å². The highest BCUT2D eigenvalue weighted by Gasteiger charge is 2.26. The van der Waals surface area contributed by atoms with Gasteiger partial charge in [0.1, 0.15) is 0 Å². The fourth-order valence-electron chi connectivity index (χ4n) is 2.46. The van der Waals surface area contributed by atoms with Crippen LogP contribution >= 0.6 is 0 Å². The molecule has 20 heavy (non-hydrogen) atoms. The van der Waals surface area contributed by atoms with Crippen LogP contribution in [0.25, 0.3) is 0 Å². The summed E-state index contributed by atoms with van der Waals surface area (Å²) in [4.78, 5) is 1.98. The highest BCUT2D eigenvalue weighted by Crippen LogP contribution is 2.32. The Hall–Kier alpha value is -1.68. The summed E-state index contributed by atoms with van der Waals surface area (Å²) in [5.41, 5.74) is 1.92. The molecule has 0 saturated carbocycles. The lowest BCUT2D eigenvalue weighted by Crippen LogP contribution is -2.31. The molecule has 0 aliphatic rings. The molecule has 0 unspecified atom stereocenters. The van der Waals surface area contributed by atoms with Crippen LogP contribution in [-0.2, 0) is 0 Å². The molecule has 2 atom stereocenters. The van der Waals surface area contributed by atoms with E-state index in [2.05, 4.69) is 0 Å². The Kier molecular flexibility index (Phi) is 5.30. The smallest absolute Gasteiger partial charge is 0.0986 e. The van der Waals surface area contributed by atoms with Crippen LogP contribution < -0.4 is 0 Å². The molecule has 2 rings (SSSR count). The summed E-state index contributed by atoms with van der Waals surface area (Å²) in [6.45, 7) is 0.588. The van der Waals surface area contributed by atoms with Crippen molar-refractivity contribution in [3.8, 4) is 0 Å². The maximum atomic E-state index is 10.7. The van der Waals surface area contributed by atoms with Crippen LogP contribution in [0.2, 0.25) is 0 Å². The van der Waals surface area contributed by atoms with Crippen LogP contribution in [0.3, 0.4) is 0 Å². The fourth-order valence-corrected chi connectivity index (χ4v) is 2.46. The minimum atomic E-state index is -0.629. The molecule has 106 valence electrons. The van der Waals surface area contributed by atoms with E-state index in [4.69, 9.17) is 5.11 Å². The Labute approximate surface area is 120 Å². The van der Waals surface area contributed by atoms with E-state index in [1.54, 1.807) is 0 Å². The molecule has 0 spiro atoms. The van der Waals surface area contributed by atoms with Crippen molar-refractivity contribution in [2.75, 3.05) is 20.2 Å². The lowest BCUT2D eigenvalue weighted by atomic mass is 9.94. The van der Waals surface area contributed by atoms with Gasteiger partial charge in [0, 0.05) is 6.54 Å². The summed E-state index contributed by atoms with van der Waals surface area (Å²) in [5.74, 6) is 0. The average molecular weight is 271 g/mol. The summed E-state index contributed by atoms with van der Waals surface area (Å²) in [5, 5.41) is 19.9. The molecule has 0 saturated heterocycles. The Balaban J connectivity index is 2.31. The van der Waals surface area contributed by atoms with Crippen molar-refractivity contribution < 1.29 is 10.2 Å². The number of aliphatic hydroxyl groups excluding tert-OH is 2. The molecule has 2 aromatic rings. The third-order valence-electron chi connectivity index (χ3n) is 3.51. The monoisotopic (exact) mass is 271 g/mol. The van der Waals surface area contributed by atoms with Crippen LogP contribution in [0, 0.1) is 0 Å². The first-order valence-electron chi connectivity index (χ1n) is 6.83. The van der Waals surface area contributed by atoms with Crippen LogP contribution in [0.4, 0.5) is 0 Å². The first-order valence-corrected chi connectivity index (χ1v) is 6.83. The molecule has 0 bridgehead atoms. The summed E-state index contributed by atoms with van der Waals surface area (Å²) in [6.07, 6.45) is -0.629. The topological polar surface area (TPSA) is 43.7 Å². The molecule has 0 aromatic heterocycles.